The molecule has 2 aliphatic heterocycles. The van der Waals surface area contributed by atoms with Crippen LogP contribution in [0.15, 0.2) is 65.5 Å². The molecular formula is C27H26N4O3S. The summed E-state index contributed by atoms with van der Waals surface area (Å²) in [5.41, 5.74) is 1.82. The van der Waals surface area contributed by atoms with Crippen molar-refractivity contribution >= 4 is 33.1 Å². The number of carbonyl (C=O) groups is 1. The Bertz CT molecular complexity index is 1430. The van der Waals surface area contributed by atoms with E-state index in [4.69, 9.17) is 9.72 Å². The number of nitrogens with zero attached hydrogens (tertiary/aromatic N) is 3. The number of thiophene rings is 1. The number of likely N-dealkylation sites (tertiary alicyclic amines) is 1. The summed E-state index contributed by atoms with van der Waals surface area (Å²) in [6.45, 7) is 2.36. The minimum Gasteiger partial charge on any atom is -0.477 e. The normalized spacial score (nSPS) is 17.8. The van der Waals surface area contributed by atoms with Crippen LogP contribution in [-0.2, 0) is 11.3 Å². The van der Waals surface area contributed by atoms with Crippen LogP contribution in [0.5, 0.6) is 5.75 Å². The van der Waals surface area contributed by atoms with E-state index in [1.807, 2.05) is 65.6 Å². The molecule has 4 heterocycles. The topological polar surface area (TPSA) is 78.5 Å². The molecule has 0 spiro atoms. The number of H-pyrrole nitrogens is 1. The molecule has 6 rings (SSSR count). The van der Waals surface area contributed by atoms with E-state index in [2.05, 4.69) is 9.88 Å². The predicted octanol–water partition coefficient (Wildman–Crippen LogP) is 4.43. The van der Waals surface area contributed by atoms with Crippen molar-refractivity contribution in [3.8, 4) is 16.2 Å². The van der Waals surface area contributed by atoms with Gasteiger partial charge in [0.2, 0.25) is 0 Å². The van der Waals surface area contributed by atoms with E-state index in [0.29, 0.717) is 34.9 Å². The van der Waals surface area contributed by atoms with Crippen LogP contribution in [0.3, 0.4) is 0 Å². The molecule has 0 aliphatic carbocycles. The second-order valence-corrected chi connectivity index (χ2v) is 10.1. The second kappa shape index (κ2) is 9.19. The van der Waals surface area contributed by atoms with Gasteiger partial charge in [0, 0.05) is 18.0 Å². The number of hydrogen-bond acceptors (Lipinski definition) is 6. The Morgan fingerprint density at radius 1 is 1.06 bits per heavy atom. The van der Waals surface area contributed by atoms with Gasteiger partial charge in [-0.1, -0.05) is 42.5 Å². The highest BCUT2D eigenvalue weighted by Crippen LogP contribution is 2.35. The molecule has 0 saturated carbocycles. The standard InChI is InChI=1S/C27H26N4O3S/c32-25-19-15-23(18-9-3-1-4-10-18)35-26(19)29-24(28-25)17-31-16-22(27(33)30-13-7-2-8-14-30)34-21-12-6-5-11-20(21)31/h1,3-6,9-12,15,22H,2,7-8,13-14,16-17H2,(H,28,29,32). The third-order valence-electron chi connectivity index (χ3n) is 6.65. The Morgan fingerprint density at radius 2 is 1.83 bits per heavy atom. The van der Waals surface area contributed by atoms with E-state index in [1.165, 1.54) is 17.8 Å². The van der Waals surface area contributed by atoms with Gasteiger partial charge in [-0.15, -0.1) is 11.3 Å². The molecule has 1 N–H and O–H groups in total. The molecular weight excluding hydrogens is 460 g/mol. The number of benzene rings is 2. The Hall–Kier alpha value is -3.65. The van der Waals surface area contributed by atoms with Crippen LogP contribution in [0.4, 0.5) is 5.69 Å². The highest BCUT2D eigenvalue weighted by molar-refractivity contribution is 7.21. The first kappa shape index (κ1) is 21.9. The van der Waals surface area contributed by atoms with Crippen LogP contribution in [0.1, 0.15) is 25.1 Å². The van der Waals surface area contributed by atoms with E-state index >= 15 is 0 Å². The van der Waals surface area contributed by atoms with Crippen molar-refractivity contribution in [1.82, 2.24) is 14.9 Å². The molecule has 1 amide bonds. The summed E-state index contributed by atoms with van der Waals surface area (Å²) in [7, 11) is 0. The average molecular weight is 487 g/mol. The van der Waals surface area contributed by atoms with Gasteiger partial charge in [0.1, 0.15) is 16.4 Å². The van der Waals surface area contributed by atoms with Gasteiger partial charge in [-0.25, -0.2) is 4.98 Å². The van der Waals surface area contributed by atoms with Crippen molar-refractivity contribution < 1.29 is 9.53 Å². The quantitative estimate of drug-likeness (QED) is 0.462. The molecule has 0 bridgehead atoms. The van der Waals surface area contributed by atoms with Gasteiger partial charge in [0.15, 0.2) is 6.10 Å². The van der Waals surface area contributed by atoms with E-state index in [-0.39, 0.29) is 11.5 Å². The number of hydrogen-bond donors (Lipinski definition) is 1. The Labute approximate surface area is 207 Å². The Balaban J connectivity index is 1.30. The molecule has 2 aromatic carbocycles. The molecule has 1 unspecified atom stereocenters. The van der Waals surface area contributed by atoms with Gasteiger partial charge < -0.3 is 19.5 Å². The van der Waals surface area contributed by atoms with Gasteiger partial charge >= 0.3 is 0 Å². The SMILES string of the molecule is O=C(C1CN(Cc2nc3sc(-c4ccccc4)cc3c(=O)[nH]2)c2ccccc2O1)N1CCCCC1. The van der Waals surface area contributed by atoms with Crippen molar-refractivity contribution in [2.24, 2.45) is 0 Å². The fourth-order valence-electron chi connectivity index (χ4n) is 4.88. The number of aromatic nitrogens is 2. The Kier molecular flexibility index (Phi) is 5.74. The lowest BCUT2D eigenvalue weighted by Crippen LogP contribution is -2.51. The van der Waals surface area contributed by atoms with Crippen LogP contribution in [0.2, 0.25) is 0 Å². The van der Waals surface area contributed by atoms with Crippen LogP contribution in [-0.4, -0.2) is 46.5 Å². The lowest BCUT2D eigenvalue weighted by molar-refractivity contribution is -0.139. The molecule has 2 aliphatic rings. The summed E-state index contributed by atoms with van der Waals surface area (Å²) in [6.07, 6.45) is 2.66. The number of ether oxygens (including phenoxy) is 1. The summed E-state index contributed by atoms with van der Waals surface area (Å²) >= 11 is 1.52. The average Bonchev–Trinajstić information content (AvgIpc) is 3.34. The number of amides is 1. The molecule has 8 heteroatoms. The molecule has 1 fully saturated rings. The first-order valence-electron chi connectivity index (χ1n) is 12.0. The smallest absolute Gasteiger partial charge is 0.265 e. The van der Waals surface area contributed by atoms with E-state index in [9.17, 15) is 9.59 Å². The fraction of sp³-hybridized carbons (Fsp3) is 0.296. The highest BCUT2D eigenvalue weighted by Gasteiger charge is 2.34. The van der Waals surface area contributed by atoms with Gasteiger partial charge in [0.05, 0.1) is 24.2 Å². The van der Waals surface area contributed by atoms with E-state index in [1.54, 1.807) is 0 Å². The number of carbonyl (C=O) groups excluding carboxylic acids is 1. The number of anilines is 1. The molecule has 7 nitrogen and oxygen atoms in total. The minimum absolute atomic E-state index is 0.0341. The summed E-state index contributed by atoms with van der Waals surface area (Å²) in [5.74, 6) is 1.29. The first-order chi connectivity index (χ1) is 17.2. The predicted molar refractivity (Wildman–Crippen MR) is 138 cm³/mol. The molecule has 35 heavy (non-hydrogen) atoms. The number of nitrogens with one attached hydrogen (secondary N) is 1. The van der Waals surface area contributed by atoms with Crippen LogP contribution >= 0.6 is 11.3 Å². The zero-order valence-electron chi connectivity index (χ0n) is 19.3. The monoisotopic (exact) mass is 486 g/mol. The first-order valence-corrected chi connectivity index (χ1v) is 12.8. The van der Waals surface area contributed by atoms with Crippen molar-refractivity contribution in [3.63, 3.8) is 0 Å². The third kappa shape index (κ3) is 4.30. The van der Waals surface area contributed by atoms with Crippen molar-refractivity contribution in [1.29, 1.82) is 0 Å². The molecule has 178 valence electrons. The third-order valence-corrected chi connectivity index (χ3v) is 7.73. The number of piperidine rings is 1. The van der Waals surface area contributed by atoms with Crippen molar-refractivity contribution in [3.05, 3.63) is 76.8 Å². The highest BCUT2D eigenvalue weighted by atomic mass is 32.1. The fourth-order valence-corrected chi connectivity index (χ4v) is 5.94. The maximum Gasteiger partial charge on any atom is 0.265 e. The largest absolute Gasteiger partial charge is 0.477 e. The number of rotatable bonds is 4. The van der Waals surface area contributed by atoms with Crippen LogP contribution < -0.4 is 15.2 Å². The molecule has 0 radical (unpaired) electrons. The van der Waals surface area contributed by atoms with Crippen molar-refractivity contribution in [2.45, 2.75) is 31.9 Å². The molecule has 4 aromatic rings. The van der Waals surface area contributed by atoms with Crippen molar-refractivity contribution in [2.75, 3.05) is 24.5 Å². The van der Waals surface area contributed by atoms with Gasteiger partial charge in [-0.3, -0.25) is 9.59 Å². The zero-order chi connectivity index (χ0) is 23.8. The van der Waals surface area contributed by atoms with Gasteiger partial charge in [0.25, 0.3) is 11.5 Å². The lowest BCUT2D eigenvalue weighted by Gasteiger charge is -2.38. The maximum atomic E-state index is 13.2. The number of para-hydroxylation sites is 2. The van der Waals surface area contributed by atoms with E-state index < -0.39 is 6.10 Å². The van der Waals surface area contributed by atoms with Crippen LogP contribution in [0, 0.1) is 0 Å². The van der Waals surface area contributed by atoms with Gasteiger partial charge in [-0.2, -0.15) is 0 Å². The summed E-state index contributed by atoms with van der Waals surface area (Å²) in [4.78, 5) is 39.6. The second-order valence-electron chi connectivity index (χ2n) is 9.05. The lowest BCUT2D eigenvalue weighted by atomic mass is 10.1. The molecule has 2 aromatic heterocycles. The Morgan fingerprint density at radius 3 is 2.66 bits per heavy atom. The summed E-state index contributed by atoms with van der Waals surface area (Å²) in [6, 6.07) is 19.6. The van der Waals surface area contributed by atoms with Crippen LogP contribution in [0.25, 0.3) is 20.7 Å². The number of aromatic amines is 1. The minimum atomic E-state index is -0.579. The number of fused-ring (bicyclic) bond motifs is 2. The van der Waals surface area contributed by atoms with Gasteiger partial charge in [-0.05, 0) is 43.0 Å². The summed E-state index contributed by atoms with van der Waals surface area (Å²) in [5, 5.41) is 0.595. The maximum absolute atomic E-state index is 13.2. The van der Waals surface area contributed by atoms with E-state index in [0.717, 1.165) is 42.1 Å². The molecule has 1 atom stereocenters. The molecule has 1 saturated heterocycles. The summed E-state index contributed by atoms with van der Waals surface area (Å²) < 4.78 is 6.14. The zero-order valence-corrected chi connectivity index (χ0v) is 20.1.